The minimum absolute atomic E-state index is 0.658. The second-order valence-electron chi connectivity index (χ2n) is 3.67. The largest absolute Gasteiger partial charge is 0.398 e. The Kier molecular flexibility index (Phi) is 3.00. The van der Waals surface area contributed by atoms with E-state index in [0.717, 1.165) is 22.6 Å². The maximum Gasteiger partial charge on any atom is 0.149 e. The van der Waals surface area contributed by atoms with Crippen molar-refractivity contribution in [2.45, 2.75) is 13.5 Å². The number of nitrogen functional groups attached to an aromatic ring is 1. The number of hydrogen-bond donors (Lipinski definition) is 2. The van der Waals surface area contributed by atoms with E-state index >= 15 is 0 Å². The third-order valence-corrected chi connectivity index (χ3v) is 2.31. The van der Waals surface area contributed by atoms with Crippen LogP contribution in [0.3, 0.4) is 0 Å². The second-order valence-corrected chi connectivity index (χ2v) is 3.67. The van der Waals surface area contributed by atoms with Crippen LogP contribution in [-0.4, -0.2) is 10.2 Å². The number of aromatic nitrogens is 2. The third-order valence-electron chi connectivity index (χ3n) is 2.31. The number of nitrogens with zero attached hydrogens (tertiary/aromatic N) is 2. The Labute approximate surface area is 94.5 Å². The van der Waals surface area contributed by atoms with E-state index in [1.165, 1.54) is 0 Å². The molecule has 0 bridgehead atoms. The van der Waals surface area contributed by atoms with Crippen LogP contribution in [0.4, 0.5) is 11.5 Å². The molecule has 2 aromatic rings. The molecular formula is C12H14N4. The number of benzene rings is 1. The standard InChI is InChI=1S/C12H14N4/c1-9-6-12(16-15-7-9)14-8-10-4-2-3-5-11(10)13/h2-7H,8,13H2,1H3,(H,14,16). The van der Waals surface area contributed by atoms with E-state index in [0.29, 0.717) is 6.54 Å². The van der Waals surface area contributed by atoms with Gasteiger partial charge in [0.25, 0.3) is 0 Å². The number of hydrogen-bond acceptors (Lipinski definition) is 4. The van der Waals surface area contributed by atoms with Crippen molar-refractivity contribution in [2.75, 3.05) is 11.1 Å². The number of para-hydroxylation sites is 1. The molecule has 0 aliphatic heterocycles. The molecule has 0 unspecified atom stereocenters. The second kappa shape index (κ2) is 4.61. The molecule has 3 N–H and O–H groups in total. The SMILES string of the molecule is Cc1cnnc(NCc2ccccc2N)c1. The lowest BCUT2D eigenvalue weighted by molar-refractivity contribution is 0.989. The van der Waals surface area contributed by atoms with Crippen LogP contribution in [0.5, 0.6) is 0 Å². The number of anilines is 2. The molecule has 2 rings (SSSR count). The maximum absolute atomic E-state index is 5.84. The van der Waals surface area contributed by atoms with Crippen LogP contribution in [0.1, 0.15) is 11.1 Å². The molecule has 4 heteroatoms. The first kappa shape index (κ1) is 10.4. The number of aryl methyl sites for hydroxylation is 1. The van der Waals surface area contributed by atoms with Gasteiger partial charge in [-0.3, -0.25) is 0 Å². The van der Waals surface area contributed by atoms with Gasteiger partial charge in [0.05, 0.1) is 6.20 Å². The quantitative estimate of drug-likeness (QED) is 0.767. The summed E-state index contributed by atoms with van der Waals surface area (Å²) in [5, 5.41) is 11.0. The summed E-state index contributed by atoms with van der Waals surface area (Å²) in [6.07, 6.45) is 1.72. The van der Waals surface area contributed by atoms with E-state index in [1.807, 2.05) is 37.3 Å². The first-order chi connectivity index (χ1) is 7.75. The van der Waals surface area contributed by atoms with Gasteiger partial charge >= 0.3 is 0 Å². The van der Waals surface area contributed by atoms with Gasteiger partial charge in [0, 0.05) is 12.2 Å². The molecule has 0 aliphatic rings. The van der Waals surface area contributed by atoms with Crippen molar-refractivity contribution in [2.24, 2.45) is 0 Å². The molecule has 1 aromatic heterocycles. The third kappa shape index (κ3) is 2.48. The van der Waals surface area contributed by atoms with Crippen molar-refractivity contribution in [3.63, 3.8) is 0 Å². The van der Waals surface area contributed by atoms with Crippen molar-refractivity contribution in [1.82, 2.24) is 10.2 Å². The summed E-state index contributed by atoms with van der Waals surface area (Å²) in [6, 6.07) is 9.72. The summed E-state index contributed by atoms with van der Waals surface area (Å²) < 4.78 is 0. The van der Waals surface area contributed by atoms with Crippen molar-refractivity contribution < 1.29 is 0 Å². The molecule has 16 heavy (non-hydrogen) atoms. The Balaban J connectivity index is 2.05. The van der Waals surface area contributed by atoms with E-state index in [-0.39, 0.29) is 0 Å². The molecule has 0 fully saturated rings. The molecule has 0 spiro atoms. The number of nitrogens with two attached hydrogens (primary N) is 1. The van der Waals surface area contributed by atoms with Crippen LogP contribution in [0.15, 0.2) is 36.5 Å². The topological polar surface area (TPSA) is 63.8 Å². The van der Waals surface area contributed by atoms with Gasteiger partial charge in [-0.15, -0.1) is 5.10 Å². The van der Waals surface area contributed by atoms with Crippen LogP contribution >= 0.6 is 0 Å². The van der Waals surface area contributed by atoms with Crippen LogP contribution in [0.2, 0.25) is 0 Å². The van der Waals surface area contributed by atoms with Crippen LogP contribution < -0.4 is 11.1 Å². The summed E-state index contributed by atoms with van der Waals surface area (Å²) in [5.41, 5.74) is 8.77. The smallest absolute Gasteiger partial charge is 0.149 e. The number of nitrogens with one attached hydrogen (secondary N) is 1. The van der Waals surface area contributed by atoms with Crippen molar-refractivity contribution in [1.29, 1.82) is 0 Å². The first-order valence-corrected chi connectivity index (χ1v) is 5.12. The molecule has 1 heterocycles. The van der Waals surface area contributed by atoms with Crippen LogP contribution in [0.25, 0.3) is 0 Å². The van der Waals surface area contributed by atoms with E-state index in [2.05, 4.69) is 15.5 Å². The lowest BCUT2D eigenvalue weighted by atomic mass is 10.2. The van der Waals surface area contributed by atoms with Crippen molar-refractivity contribution in [3.05, 3.63) is 47.7 Å². The average Bonchev–Trinajstić information content (AvgIpc) is 2.28. The van der Waals surface area contributed by atoms with Gasteiger partial charge < -0.3 is 11.1 Å². The highest BCUT2D eigenvalue weighted by molar-refractivity contribution is 5.48. The molecule has 0 radical (unpaired) electrons. The fourth-order valence-electron chi connectivity index (χ4n) is 1.43. The Morgan fingerprint density at radius 1 is 1.31 bits per heavy atom. The molecule has 1 aromatic carbocycles. The molecule has 82 valence electrons. The summed E-state index contributed by atoms with van der Waals surface area (Å²) in [4.78, 5) is 0. The minimum atomic E-state index is 0.658. The Morgan fingerprint density at radius 2 is 2.12 bits per heavy atom. The molecule has 0 atom stereocenters. The van der Waals surface area contributed by atoms with E-state index in [1.54, 1.807) is 6.20 Å². The van der Waals surface area contributed by atoms with Gasteiger partial charge in [-0.05, 0) is 30.2 Å². The Hall–Kier alpha value is -2.10. The molecule has 0 aliphatic carbocycles. The summed E-state index contributed by atoms with van der Waals surface area (Å²) in [6.45, 7) is 2.64. The zero-order valence-electron chi connectivity index (χ0n) is 9.14. The van der Waals surface area contributed by atoms with E-state index < -0.39 is 0 Å². The van der Waals surface area contributed by atoms with Gasteiger partial charge in [0.2, 0.25) is 0 Å². The normalized spacial score (nSPS) is 10.1. The molecule has 4 nitrogen and oxygen atoms in total. The fourth-order valence-corrected chi connectivity index (χ4v) is 1.43. The van der Waals surface area contributed by atoms with E-state index in [9.17, 15) is 0 Å². The van der Waals surface area contributed by atoms with Gasteiger partial charge in [0.15, 0.2) is 0 Å². The lowest BCUT2D eigenvalue weighted by Gasteiger charge is -2.07. The van der Waals surface area contributed by atoms with Gasteiger partial charge in [0.1, 0.15) is 5.82 Å². The average molecular weight is 214 g/mol. The predicted octanol–water partition coefficient (Wildman–Crippen LogP) is 1.98. The first-order valence-electron chi connectivity index (χ1n) is 5.12. The molecule has 0 saturated heterocycles. The van der Waals surface area contributed by atoms with Gasteiger partial charge in [-0.2, -0.15) is 5.10 Å². The molecule has 0 amide bonds. The Morgan fingerprint density at radius 3 is 2.88 bits per heavy atom. The summed E-state index contributed by atoms with van der Waals surface area (Å²) >= 11 is 0. The zero-order chi connectivity index (χ0) is 11.4. The van der Waals surface area contributed by atoms with Gasteiger partial charge in [-0.25, -0.2) is 0 Å². The predicted molar refractivity (Wildman–Crippen MR) is 65.0 cm³/mol. The number of rotatable bonds is 3. The minimum Gasteiger partial charge on any atom is -0.398 e. The lowest BCUT2D eigenvalue weighted by Crippen LogP contribution is -2.04. The monoisotopic (exact) mass is 214 g/mol. The van der Waals surface area contributed by atoms with E-state index in [4.69, 9.17) is 5.73 Å². The highest BCUT2D eigenvalue weighted by Crippen LogP contribution is 2.12. The highest BCUT2D eigenvalue weighted by atomic mass is 15.2. The van der Waals surface area contributed by atoms with Crippen molar-refractivity contribution >= 4 is 11.5 Å². The van der Waals surface area contributed by atoms with Crippen molar-refractivity contribution in [3.8, 4) is 0 Å². The summed E-state index contributed by atoms with van der Waals surface area (Å²) in [5.74, 6) is 0.767. The fraction of sp³-hybridized carbons (Fsp3) is 0.167. The van der Waals surface area contributed by atoms with Gasteiger partial charge in [-0.1, -0.05) is 18.2 Å². The highest BCUT2D eigenvalue weighted by Gasteiger charge is 1.99. The van der Waals surface area contributed by atoms with Crippen LogP contribution in [0, 0.1) is 6.92 Å². The molecule has 0 saturated carbocycles. The van der Waals surface area contributed by atoms with Crippen LogP contribution in [-0.2, 0) is 6.54 Å². The summed E-state index contributed by atoms with van der Waals surface area (Å²) in [7, 11) is 0. The Bertz CT molecular complexity index is 482. The maximum atomic E-state index is 5.84. The zero-order valence-corrected chi connectivity index (χ0v) is 9.14. The molecular weight excluding hydrogens is 200 g/mol.